The van der Waals surface area contributed by atoms with Crippen LogP contribution in [0.3, 0.4) is 0 Å². The Hall–Kier alpha value is -1.97. The number of carbonyl (C=O) groups excluding carboxylic acids is 1. The van der Waals surface area contributed by atoms with Crippen LogP contribution in [0, 0.1) is 6.92 Å². The largest absolute Gasteiger partial charge is 0.496 e. The predicted octanol–water partition coefficient (Wildman–Crippen LogP) is 1.51. The molecule has 0 aliphatic heterocycles. The molecule has 84 valence electrons. The Bertz CT molecular complexity index is 543. The zero-order valence-corrected chi connectivity index (χ0v) is 9.33. The Labute approximate surface area is 93.4 Å². The average molecular weight is 218 g/mol. The van der Waals surface area contributed by atoms with Crippen molar-refractivity contribution in [2.75, 3.05) is 7.11 Å². The molecular formula is C12H14N2O2. The molecule has 1 aromatic carbocycles. The molecule has 0 saturated carbocycles. The molecule has 1 amide bonds. The monoisotopic (exact) mass is 218 g/mol. The number of hydrogen-bond donors (Lipinski definition) is 2. The van der Waals surface area contributed by atoms with Crippen LogP contribution in [0.4, 0.5) is 0 Å². The second-order valence-electron chi connectivity index (χ2n) is 3.77. The fraction of sp³-hybridized carbons (Fsp3) is 0.250. The number of carbonyl (C=O) groups is 1. The molecule has 0 atom stereocenters. The van der Waals surface area contributed by atoms with E-state index in [4.69, 9.17) is 10.5 Å². The van der Waals surface area contributed by atoms with Gasteiger partial charge in [-0.1, -0.05) is 0 Å². The lowest BCUT2D eigenvalue weighted by Gasteiger charge is -2.06. The van der Waals surface area contributed by atoms with Crippen molar-refractivity contribution in [1.82, 2.24) is 4.98 Å². The Morgan fingerprint density at radius 2 is 2.25 bits per heavy atom. The summed E-state index contributed by atoms with van der Waals surface area (Å²) in [6.45, 7) is 1.97. The molecule has 0 bridgehead atoms. The van der Waals surface area contributed by atoms with Gasteiger partial charge in [0.2, 0.25) is 5.91 Å². The third kappa shape index (κ3) is 1.62. The van der Waals surface area contributed by atoms with Gasteiger partial charge in [0.05, 0.1) is 13.5 Å². The lowest BCUT2D eigenvalue weighted by Crippen LogP contribution is -2.13. The molecule has 1 aromatic heterocycles. The number of rotatable bonds is 3. The van der Waals surface area contributed by atoms with Crippen LogP contribution in [0.1, 0.15) is 11.1 Å². The Morgan fingerprint density at radius 1 is 1.50 bits per heavy atom. The molecule has 0 unspecified atom stereocenters. The molecule has 16 heavy (non-hydrogen) atoms. The van der Waals surface area contributed by atoms with Gasteiger partial charge in [0.1, 0.15) is 5.75 Å². The first-order valence-electron chi connectivity index (χ1n) is 5.05. The van der Waals surface area contributed by atoms with Crippen LogP contribution >= 0.6 is 0 Å². The van der Waals surface area contributed by atoms with Crippen LogP contribution in [-0.2, 0) is 11.2 Å². The molecule has 2 aromatic rings. The number of nitrogens with one attached hydrogen (secondary N) is 1. The Kier molecular flexibility index (Phi) is 2.56. The average Bonchev–Trinajstić information content (AvgIpc) is 2.62. The number of H-pyrrole nitrogens is 1. The molecule has 4 heteroatoms. The first-order valence-corrected chi connectivity index (χ1v) is 5.05. The summed E-state index contributed by atoms with van der Waals surface area (Å²) in [4.78, 5) is 14.1. The van der Waals surface area contributed by atoms with E-state index in [9.17, 15) is 4.79 Å². The summed E-state index contributed by atoms with van der Waals surface area (Å²) in [7, 11) is 1.63. The van der Waals surface area contributed by atoms with E-state index in [1.165, 1.54) is 0 Å². The number of benzene rings is 1. The zero-order valence-electron chi connectivity index (χ0n) is 9.33. The van der Waals surface area contributed by atoms with Gasteiger partial charge < -0.3 is 15.5 Å². The Morgan fingerprint density at radius 3 is 2.88 bits per heavy atom. The van der Waals surface area contributed by atoms with Crippen molar-refractivity contribution >= 4 is 16.8 Å². The lowest BCUT2D eigenvalue weighted by molar-refractivity contribution is -0.117. The van der Waals surface area contributed by atoms with Crippen molar-refractivity contribution in [1.29, 1.82) is 0 Å². The number of aromatic nitrogens is 1. The summed E-state index contributed by atoms with van der Waals surface area (Å²) in [6, 6.07) is 3.84. The molecule has 2 rings (SSSR count). The van der Waals surface area contributed by atoms with Gasteiger partial charge >= 0.3 is 0 Å². The topological polar surface area (TPSA) is 68.1 Å². The number of nitrogens with two attached hydrogens (primary N) is 1. The van der Waals surface area contributed by atoms with E-state index in [0.29, 0.717) is 0 Å². The third-order valence-electron chi connectivity index (χ3n) is 2.72. The second-order valence-corrected chi connectivity index (χ2v) is 3.77. The number of fused-ring (bicyclic) bond motifs is 1. The highest BCUT2D eigenvalue weighted by Gasteiger charge is 2.11. The van der Waals surface area contributed by atoms with Crippen molar-refractivity contribution in [2.24, 2.45) is 5.73 Å². The highest BCUT2D eigenvalue weighted by Crippen LogP contribution is 2.29. The second kappa shape index (κ2) is 3.89. The van der Waals surface area contributed by atoms with Crippen molar-refractivity contribution in [3.63, 3.8) is 0 Å². The Balaban J connectivity index is 2.63. The van der Waals surface area contributed by atoms with Crippen molar-refractivity contribution in [3.8, 4) is 5.75 Å². The molecule has 0 fully saturated rings. The van der Waals surface area contributed by atoms with Crippen LogP contribution in [0.25, 0.3) is 10.9 Å². The van der Waals surface area contributed by atoms with Gasteiger partial charge in [0.15, 0.2) is 0 Å². The molecule has 3 N–H and O–H groups in total. The molecule has 0 radical (unpaired) electrons. The van der Waals surface area contributed by atoms with Gasteiger partial charge in [-0.3, -0.25) is 4.79 Å². The SMILES string of the molecule is COc1ccc2[nH]cc(CC(N)=O)c2c1C. The number of aromatic amines is 1. The maximum Gasteiger partial charge on any atom is 0.221 e. The maximum absolute atomic E-state index is 11.0. The first-order chi connectivity index (χ1) is 7.63. The smallest absolute Gasteiger partial charge is 0.221 e. The van der Waals surface area contributed by atoms with Gasteiger partial charge in [-0.25, -0.2) is 0 Å². The minimum absolute atomic E-state index is 0.244. The number of methoxy groups -OCH3 is 1. The summed E-state index contributed by atoms with van der Waals surface area (Å²) in [6.07, 6.45) is 2.07. The highest BCUT2D eigenvalue weighted by molar-refractivity contribution is 5.92. The summed E-state index contributed by atoms with van der Waals surface area (Å²) in [5, 5.41) is 1.03. The summed E-state index contributed by atoms with van der Waals surface area (Å²) in [5.74, 6) is 0.487. The number of ether oxygens (including phenoxy) is 1. The van der Waals surface area contributed by atoms with Crippen LogP contribution in [-0.4, -0.2) is 18.0 Å². The standard InChI is InChI=1S/C12H14N2O2/c1-7-10(16-2)4-3-9-12(7)8(6-14-9)5-11(13)15/h3-4,6,14H,5H2,1-2H3,(H2,13,15). The molecular weight excluding hydrogens is 204 g/mol. The molecule has 4 nitrogen and oxygen atoms in total. The highest BCUT2D eigenvalue weighted by atomic mass is 16.5. The van der Waals surface area contributed by atoms with Crippen LogP contribution < -0.4 is 10.5 Å². The molecule has 0 spiro atoms. The molecule has 0 aliphatic carbocycles. The summed E-state index contributed by atoms with van der Waals surface area (Å²) < 4.78 is 5.25. The summed E-state index contributed by atoms with van der Waals surface area (Å²) >= 11 is 0. The van der Waals surface area contributed by atoms with Crippen molar-refractivity contribution in [3.05, 3.63) is 29.5 Å². The van der Waals surface area contributed by atoms with Gasteiger partial charge in [-0.05, 0) is 24.6 Å². The van der Waals surface area contributed by atoms with Gasteiger partial charge in [0.25, 0.3) is 0 Å². The van der Waals surface area contributed by atoms with E-state index in [1.54, 1.807) is 7.11 Å². The van der Waals surface area contributed by atoms with E-state index in [2.05, 4.69) is 4.98 Å². The van der Waals surface area contributed by atoms with E-state index in [-0.39, 0.29) is 12.3 Å². The van der Waals surface area contributed by atoms with E-state index in [1.807, 2.05) is 25.3 Å². The number of aryl methyl sites for hydroxylation is 1. The zero-order chi connectivity index (χ0) is 11.7. The number of primary amides is 1. The normalized spacial score (nSPS) is 10.6. The third-order valence-corrected chi connectivity index (χ3v) is 2.72. The lowest BCUT2D eigenvalue weighted by atomic mass is 10.0. The van der Waals surface area contributed by atoms with E-state index in [0.717, 1.165) is 27.8 Å². The fourth-order valence-corrected chi connectivity index (χ4v) is 2.01. The van der Waals surface area contributed by atoms with Gasteiger partial charge in [0, 0.05) is 22.7 Å². The minimum Gasteiger partial charge on any atom is -0.496 e. The molecule has 1 heterocycles. The quantitative estimate of drug-likeness (QED) is 0.820. The van der Waals surface area contributed by atoms with Crippen LogP contribution in [0.2, 0.25) is 0 Å². The minimum atomic E-state index is -0.330. The van der Waals surface area contributed by atoms with Gasteiger partial charge in [-0.2, -0.15) is 0 Å². The van der Waals surface area contributed by atoms with Crippen LogP contribution in [0.5, 0.6) is 5.75 Å². The van der Waals surface area contributed by atoms with Crippen molar-refractivity contribution < 1.29 is 9.53 Å². The van der Waals surface area contributed by atoms with Crippen molar-refractivity contribution in [2.45, 2.75) is 13.3 Å². The van der Waals surface area contributed by atoms with Gasteiger partial charge in [-0.15, -0.1) is 0 Å². The number of hydrogen-bond acceptors (Lipinski definition) is 2. The molecule has 0 aliphatic rings. The summed E-state index contributed by atoms with van der Waals surface area (Å²) in [5.41, 5.74) is 8.15. The number of amides is 1. The van der Waals surface area contributed by atoms with E-state index < -0.39 is 0 Å². The van der Waals surface area contributed by atoms with Crippen LogP contribution in [0.15, 0.2) is 18.3 Å². The maximum atomic E-state index is 11.0. The predicted molar refractivity (Wildman–Crippen MR) is 62.5 cm³/mol. The fourth-order valence-electron chi connectivity index (χ4n) is 2.01. The molecule has 0 saturated heterocycles. The van der Waals surface area contributed by atoms with E-state index >= 15 is 0 Å². The first kappa shape index (κ1) is 10.5.